The van der Waals surface area contributed by atoms with E-state index in [9.17, 15) is 0 Å². The van der Waals surface area contributed by atoms with E-state index < -0.39 is 16.5 Å². The van der Waals surface area contributed by atoms with E-state index in [4.69, 9.17) is 9.96 Å². The number of hydrogen-bond acceptors (Lipinski definition) is 0. The molecule has 2 nitrogen and oxygen atoms in total. The van der Waals surface area contributed by atoms with E-state index in [1.165, 1.54) is 10.8 Å². The number of hydrogen-bond donors (Lipinski definition) is 0. The summed E-state index contributed by atoms with van der Waals surface area (Å²) in [7, 11) is -3.57. The number of benzene rings is 2. The maximum absolute atomic E-state index is 5.34. The second-order valence-corrected chi connectivity index (χ2v) is 20.2. The van der Waals surface area contributed by atoms with E-state index in [1.54, 1.807) is 0 Å². The third kappa shape index (κ3) is 7.01. The van der Waals surface area contributed by atoms with Crippen LogP contribution < -0.4 is 24.8 Å². The summed E-state index contributed by atoms with van der Waals surface area (Å²) in [6.07, 6.45) is 0. The van der Waals surface area contributed by atoms with Crippen LogP contribution in [0, 0.1) is 0 Å². The number of halogens is 2. The van der Waals surface area contributed by atoms with Gasteiger partial charge in [0.2, 0.25) is 0 Å². The van der Waals surface area contributed by atoms with Gasteiger partial charge in [-0.2, -0.15) is 0 Å². The first-order chi connectivity index (χ1) is 11.7. The van der Waals surface area contributed by atoms with Gasteiger partial charge in [-0.15, -0.1) is 11.4 Å². The topological polar surface area (TPSA) is 28.2 Å². The van der Waals surface area contributed by atoms with Crippen molar-refractivity contribution >= 4 is 38.6 Å². The summed E-state index contributed by atoms with van der Waals surface area (Å²) in [6, 6.07) is 13.0. The largest absolute Gasteiger partial charge is 4.00 e. The average molecular weight is 503 g/mol. The minimum absolute atomic E-state index is 0. The fourth-order valence-corrected chi connectivity index (χ4v) is 4.67. The van der Waals surface area contributed by atoms with Gasteiger partial charge in [-0.05, 0) is 27.2 Å². The van der Waals surface area contributed by atoms with Crippen LogP contribution in [0.15, 0.2) is 36.4 Å². The normalized spacial score (nSPS) is 12.3. The molecule has 0 radical (unpaired) electrons. The predicted octanol–water partition coefficient (Wildman–Crippen LogP) is 2.87. The summed E-state index contributed by atoms with van der Waals surface area (Å²) in [6.45, 7) is 23.3. The molecule has 29 heavy (non-hydrogen) atoms. The quantitative estimate of drug-likeness (QED) is 0.575. The Balaban J connectivity index is 0. The van der Waals surface area contributed by atoms with E-state index in [2.05, 4.69) is 104 Å². The zero-order chi connectivity index (χ0) is 20.0. The van der Waals surface area contributed by atoms with Gasteiger partial charge in [-0.1, -0.05) is 114 Å². The fourth-order valence-electron chi connectivity index (χ4n) is 2.43. The average Bonchev–Trinajstić information content (AvgIpc) is 2.44. The van der Waals surface area contributed by atoms with Crippen LogP contribution in [0.3, 0.4) is 0 Å². The van der Waals surface area contributed by atoms with Crippen LogP contribution in [-0.4, -0.2) is 16.5 Å². The van der Waals surface area contributed by atoms with Gasteiger partial charge >= 0.3 is 21.7 Å². The van der Waals surface area contributed by atoms with Crippen LogP contribution in [-0.2, 0) is 21.7 Å². The Hall–Kier alpha value is 0.0281. The molecule has 2 rings (SSSR count). The maximum atomic E-state index is 5.34. The molecule has 0 aliphatic heterocycles. The second kappa shape index (κ2) is 10.6. The van der Waals surface area contributed by atoms with Crippen molar-refractivity contribution in [3.63, 3.8) is 0 Å². The Labute approximate surface area is 208 Å². The van der Waals surface area contributed by atoms with Crippen LogP contribution in [0.2, 0.25) is 36.3 Å². The van der Waals surface area contributed by atoms with Gasteiger partial charge < -0.3 is 34.8 Å². The molecule has 0 N–H and O–H groups in total. The van der Waals surface area contributed by atoms with Crippen LogP contribution in [0.4, 0.5) is 11.4 Å². The van der Waals surface area contributed by atoms with Crippen LogP contribution in [0.5, 0.6) is 0 Å². The zero-order valence-electron chi connectivity index (χ0n) is 19.6. The first-order valence-corrected chi connectivity index (χ1v) is 15.5. The Morgan fingerprint density at radius 1 is 0.621 bits per heavy atom. The molecule has 0 spiro atoms. The molecule has 2 aromatic rings. The monoisotopic (exact) mass is 502 g/mol. The molecule has 0 saturated heterocycles. The van der Waals surface area contributed by atoms with E-state index in [0.29, 0.717) is 0 Å². The van der Waals surface area contributed by atoms with Gasteiger partial charge in [-0.25, -0.2) is 0 Å². The molecule has 0 heterocycles. The molecule has 7 heteroatoms. The van der Waals surface area contributed by atoms with Crippen molar-refractivity contribution < 1.29 is 46.5 Å². The van der Waals surface area contributed by atoms with E-state index >= 15 is 0 Å². The minimum atomic E-state index is -1.79. The van der Waals surface area contributed by atoms with Crippen LogP contribution in [0.1, 0.15) is 41.5 Å². The summed E-state index contributed by atoms with van der Waals surface area (Å²) < 4.78 is 0. The smallest absolute Gasteiger partial charge is 1.00 e. The number of nitrogens with zero attached hydrogens (tertiary/aromatic N) is 2. The first-order valence-electron chi connectivity index (χ1n) is 9.63. The Morgan fingerprint density at radius 2 is 0.931 bits per heavy atom. The molecule has 160 valence electrons. The van der Waals surface area contributed by atoms with Gasteiger partial charge in [-0.3, -0.25) is 0 Å². The Morgan fingerprint density at radius 3 is 1.21 bits per heavy atom. The van der Waals surface area contributed by atoms with Gasteiger partial charge in [0.15, 0.2) is 0 Å². The second-order valence-electron chi connectivity index (χ2n) is 10.5. The molecule has 0 unspecified atom stereocenters. The number of fused-ring (bicyclic) bond motifs is 1. The molecule has 2 aromatic carbocycles. The molecule has 0 aliphatic rings. The van der Waals surface area contributed by atoms with Crippen molar-refractivity contribution in [2.24, 2.45) is 0 Å². The molecule has 0 bridgehead atoms. The van der Waals surface area contributed by atoms with Crippen molar-refractivity contribution in [1.29, 1.82) is 0 Å². The fraction of sp³-hybridized carbons (Fsp3) is 0.545. The molecule has 0 amide bonds. The summed E-state index contributed by atoms with van der Waals surface area (Å²) in [4.78, 5) is 10.7. The standard InChI is InChI=1S/C22H36N2Si2.2ClH.Ti/c1-21(2,3)25(7,8)23-18-15-11-13-17-14-12-16-19(20(17)18)24-26(9,10)22(4,5)6;;;/h11-16H,1-10H3;2*1H;/q-2;;;+4/p-2. The summed E-state index contributed by atoms with van der Waals surface area (Å²) in [5.74, 6) is 0. The van der Waals surface area contributed by atoms with E-state index in [1.807, 2.05) is 0 Å². The van der Waals surface area contributed by atoms with E-state index in [-0.39, 0.29) is 56.6 Å². The summed E-state index contributed by atoms with van der Waals surface area (Å²) in [5.41, 5.74) is 2.24. The summed E-state index contributed by atoms with van der Waals surface area (Å²) in [5, 5.41) is 2.91. The zero-order valence-corrected chi connectivity index (χ0v) is 24.7. The molecular formula is C22H36Cl2N2Si2Ti. The number of rotatable bonds is 4. The van der Waals surface area contributed by atoms with Crippen molar-refractivity contribution in [2.45, 2.75) is 77.8 Å². The SMILES string of the molecule is CC(C)(C)[Si](C)(C)[N-]c1cccc2cccc([N-][Si](C)(C)C(C)(C)C)c12.[Cl-].[Cl-].[Ti+4]. The van der Waals surface area contributed by atoms with Gasteiger partial charge in [0.05, 0.1) is 0 Å². The first kappa shape index (κ1) is 31.2. The molecular weight excluding hydrogens is 467 g/mol. The van der Waals surface area contributed by atoms with Gasteiger partial charge in [0, 0.05) is 0 Å². The third-order valence-electron chi connectivity index (χ3n) is 6.33. The third-order valence-corrected chi connectivity index (χ3v) is 15.3. The Kier molecular flexibility index (Phi) is 11.4. The Bertz CT molecular complexity index is 735. The molecule has 0 aliphatic carbocycles. The molecule has 0 fully saturated rings. The molecule has 0 aromatic heterocycles. The van der Waals surface area contributed by atoms with Crippen LogP contribution in [0.25, 0.3) is 20.7 Å². The predicted molar refractivity (Wildman–Crippen MR) is 124 cm³/mol. The van der Waals surface area contributed by atoms with Gasteiger partial charge in [0.1, 0.15) is 0 Å². The molecule has 0 saturated carbocycles. The van der Waals surface area contributed by atoms with Crippen molar-refractivity contribution in [3.8, 4) is 0 Å². The van der Waals surface area contributed by atoms with Gasteiger partial charge in [0.25, 0.3) is 0 Å². The van der Waals surface area contributed by atoms with Crippen molar-refractivity contribution in [1.82, 2.24) is 0 Å². The molecule has 0 atom stereocenters. The minimum Gasteiger partial charge on any atom is -1.00 e. The summed E-state index contributed by atoms with van der Waals surface area (Å²) >= 11 is 0. The van der Waals surface area contributed by atoms with Crippen molar-refractivity contribution in [3.05, 3.63) is 46.4 Å². The van der Waals surface area contributed by atoms with E-state index in [0.717, 1.165) is 11.4 Å². The van der Waals surface area contributed by atoms with Crippen molar-refractivity contribution in [2.75, 3.05) is 0 Å². The van der Waals surface area contributed by atoms with Crippen LogP contribution >= 0.6 is 0 Å². The maximum Gasteiger partial charge on any atom is 4.00 e.